The van der Waals surface area contributed by atoms with Crippen molar-refractivity contribution >= 4 is 18.4 Å². The summed E-state index contributed by atoms with van der Waals surface area (Å²) in [5.74, 6) is -0.889. The van der Waals surface area contributed by atoms with Crippen LogP contribution >= 0.6 is 12.4 Å². The van der Waals surface area contributed by atoms with Gasteiger partial charge in [0, 0.05) is 0 Å². The maximum atomic E-state index is 10.8. The van der Waals surface area contributed by atoms with Crippen LogP contribution in [0.15, 0.2) is 48.5 Å². The Morgan fingerprint density at radius 3 is 1.84 bits per heavy atom. The summed E-state index contributed by atoms with van der Waals surface area (Å²) in [4.78, 5) is 10.8. The topological polar surface area (TPSA) is 37.3 Å². The molecule has 2 nitrogen and oxygen atoms in total. The molecular weight excluding hydrogens is 260 g/mol. The minimum Gasteiger partial charge on any atom is -0.478 e. The van der Waals surface area contributed by atoms with Crippen LogP contribution in [0.3, 0.4) is 0 Å². The molecule has 2 aromatic carbocycles. The number of halogens is 1. The number of rotatable bonds is 4. The molecule has 19 heavy (non-hydrogen) atoms. The molecule has 0 atom stereocenters. The lowest BCUT2D eigenvalue weighted by Crippen LogP contribution is -1.94. The Bertz CT molecular complexity index is 530. The van der Waals surface area contributed by atoms with Crippen LogP contribution in [0.4, 0.5) is 0 Å². The first-order valence-electron chi connectivity index (χ1n) is 6.13. The number of carbonyl (C=O) groups is 1. The molecule has 2 aromatic rings. The lowest BCUT2D eigenvalue weighted by Gasteiger charge is -2.04. The lowest BCUT2D eigenvalue weighted by atomic mass is 10.0. The molecule has 0 bridgehead atoms. The van der Waals surface area contributed by atoms with Crippen molar-refractivity contribution in [2.24, 2.45) is 0 Å². The summed E-state index contributed by atoms with van der Waals surface area (Å²) in [7, 11) is 0. The van der Waals surface area contributed by atoms with Crippen molar-refractivity contribution in [2.75, 3.05) is 0 Å². The van der Waals surface area contributed by atoms with Gasteiger partial charge in [0.25, 0.3) is 0 Å². The van der Waals surface area contributed by atoms with Crippen LogP contribution in [0, 0.1) is 0 Å². The fourth-order valence-electron chi connectivity index (χ4n) is 1.96. The van der Waals surface area contributed by atoms with Crippen molar-refractivity contribution in [1.29, 1.82) is 0 Å². The van der Waals surface area contributed by atoms with E-state index in [-0.39, 0.29) is 12.4 Å². The predicted molar refractivity (Wildman–Crippen MR) is 80.1 cm³/mol. The van der Waals surface area contributed by atoms with Gasteiger partial charge in [-0.05, 0) is 35.2 Å². The molecule has 0 fully saturated rings. The summed E-state index contributed by atoms with van der Waals surface area (Å²) < 4.78 is 0. The second kappa shape index (κ2) is 6.95. The third-order valence-electron chi connectivity index (χ3n) is 2.96. The standard InChI is InChI=1S/C16H16O2.ClH/c1-2-3-12-4-6-13(7-5-12)14-8-10-15(11-9-14)16(17)18;/h4-11H,2-3H2,1H3,(H,17,18);1H. The number of benzene rings is 2. The van der Waals surface area contributed by atoms with Gasteiger partial charge in [-0.15, -0.1) is 12.4 Å². The Kier molecular flexibility index (Phi) is 5.58. The van der Waals surface area contributed by atoms with E-state index >= 15 is 0 Å². The van der Waals surface area contributed by atoms with Gasteiger partial charge in [0.1, 0.15) is 0 Å². The van der Waals surface area contributed by atoms with Gasteiger partial charge in [0.2, 0.25) is 0 Å². The Morgan fingerprint density at radius 2 is 1.42 bits per heavy atom. The molecule has 0 amide bonds. The number of aryl methyl sites for hydroxylation is 1. The molecule has 0 aromatic heterocycles. The maximum Gasteiger partial charge on any atom is 0.335 e. The maximum absolute atomic E-state index is 10.8. The summed E-state index contributed by atoms with van der Waals surface area (Å²) in [5.41, 5.74) is 3.82. The summed E-state index contributed by atoms with van der Waals surface area (Å²) in [6, 6.07) is 15.4. The quantitative estimate of drug-likeness (QED) is 0.897. The number of carboxylic acids is 1. The molecule has 0 aliphatic carbocycles. The van der Waals surface area contributed by atoms with Crippen molar-refractivity contribution in [3.63, 3.8) is 0 Å². The first kappa shape index (κ1) is 15.3. The van der Waals surface area contributed by atoms with Crippen molar-refractivity contribution in [3.05, 3.63) is 59.7 Å². The van der Waals surface area contributed by atoms with E-state index < -0.39 is 5.97 Å². The van der Waals surface area contributed by atoms with E-state index in [9.17, 15) is 4.79 Å². The van der Waals surface area contributed by atoms with E-state index in [0.29, 0.717) is 5.56 Å². The molecule has 0 heterocycles. The second-order valence-corrected chi connectivity index (χ2v) is 4.33. The van der Waals surface area contributed by atoms with Crippen LogP contribution in [-0.2, 0) is 6.42 Å². The van der Waals surface area contributed by atoms with Gasteiger partial charge in [0.15, 0.2) is 0 Å². The molecular formula is C16H17ClO2. The van der Waals surface area contributed by atoms with E-state index in [1.807, 2.05) is 12.1 Å². The smallest absolute Gasteiger partial charge is 0.335 e. The number of aromatic carboxylic acids is 1. The molecule has 100 valence electrons. The Labute approximate surface area is 119 Å². The van der Waals surface area contributed by atoms with Gasteiger partial charge in [-0.2, -0.15) is 0 Å². The molecule has 0 spiro atoms. The molecule has 0 aliphatic rings. The van der Waals surface area contributed by atoms with Crippen molar-refractivity contribution in [3.8, 4) is 11.1 Å². The van der Waals surface area contributed by atoms with Crippen LogP contribution < -0.4 is 0 Å². The van der Waals surface area contributed by atoms with Crippen molar-refractivity contribution in [1.82, 2.24) is 0 Å². The Morgan fingerprint density at radius 1 is 0.947 bits per heavy atom. The van der Waals surface area contributed by atoms with Crippen LogP contribution in [0.25, 0.3) is 11.1 Å². The van der Waals surface area contributed by atoms with Gasteiger partial charge in [0.05, 0.1) is 5.56 Å². The summed E-state index contributed by atoms with van der Waals surface area (Å²) in [5, 5.41) is 8.84. The Hall–Kier alpha value is -1.80. The van der Waals surface area contributed by atoms with Gasteiger partial charge in [-0.3, -0.25) is 0 Å². The molecule has 0 radical (unpaired) electrons. The zero-order valence-corrected chi connectivity index (χ0v) is 11.6. The lowest BCUT2D eigenvalue weighted by molar-refractivity contribution is 0.0697. The molecule has 0 aliphatic heterocycles. The first-order valence-corrected chi connectivity index (χ1v) is 6.13. The normalized spacial score (nSPS) is 9.74. The van der Waals surface area contributed by atoms with E-state index in [1.165, 1.54) is 5.56 Å². The van der Waals surface area contributed by atoms with E-state index in [2.05, 4.69) is 31.2 Å². The average Bonchev–Trinajstić information content (AvgIpc) is 2.40. The largest absolute Gasteiger partial charge is 0.478 e. The average molecular weight is 277 g/mol. The van der Waals surface area contributed by atoms with Crippen LogP contribution in [0.2, 0.25) is 0 Å². The molecule has 1 N–H and O–H groups in total. The van der Waals surface area contributed by atoms with E-state index in [0.717, 1.165) is 24.0 Å². The minimum absolute atomic E-state index is 0. The highest BCUT2D eigenvalue weighted by atomic mass is 35.5. The zero-order valence-electron chi connectivity index (χ0n) is 10.8. The molecule has 0 saturated heterocycles. The van der Waals surface area contributed by atoms with Crippen molar-refractivity contribution in [2.45, 2.75) is 19.8 Å². The third-order valence-corrected chi connectivity index (χ3v) is 2.96. The summed E-state index contributed by atoms with van der Waals surface area (Å²) in [6.07, 6.45) is 2.24. The SMILES string of the molecule is CCCc1ccc(-c2ccc(C(=O)O)cc2)cc1.Cl. The first-order chi connectivity index (χ1) is 8.70. The van der Waals surface area contributed by atoms with Crippen LogP contribution in [-0.4, -0.2) is 11.1 Å². The second-order valence-electron chi connectivity index (χ2n) is 4.33. The van der Waals surface area contributed by atoms with Crippen LogP contribution in [0.1, 0.15) is 29.3 Å². The summed E-state index contributed by atoms with van der Waals surface area (Å²) in [6.45, 7) is 2.17. The molecule has 3 heteroatoms. The van der Waals surface area contributed by atoms with Gasteiger partial charge >= 0.3 is 5.97 Å². The highest BCUT2D eigenvalue weighted by Crippen LogP contribution is 2.20. The molecule has 0 saturated carbocycles. The van der Waals surface area contributed by atoms with Gasteiger partial charge in [-0.1, -0.05) is 49.7 Å². The van der Waals surface area contributed by atoms with Gasteiger partial charge < -0.3 is 5.11 Å². The Balaban J connectivity index is 0.00000180. The fourth-order valence-corrected chi connectivity index (χ4v) is 1.96. The zero-order chi connectivity index (χ0) is 13.0. The number of carboxylic acid groups (broad SMARTS) is 1. The predicted octanol–water partition coefficient (Wildman–Crippen LogP) is 4.43. The summed E-state index contributed by atoms with van der Waals surface area (Å²) >= 11 is 0. The van der Waals surface area contributed by atoms with Crippen molar-refractivity contribution < 1.29 is 9.90 Å². The minimum atomic E-state index is -0.889. The third kappa shape index (κ3) is 3.83. The number of hydrogen-bond acceptors (Lipinski definition) is 1. The van der Waals surface area contributed by atoms with Crippen LogP contribution in [0.5, 0.6) is 0 Å². The van der Waals surface area contributed by atoms with E-state index in [4.69, 9.17) is 5.11 Å². The highest BCUT2D eigenvalue weighted by Gasteiger charge is 2.03. The highest BCUT2D eigenvalue weighted by molar-refractivity contribution is 5.88. The van der Waals surface area contributed by atoms with Gasteiger partial charge in [-0.25, -0.2) is 4.79 Å². The monoisotopic (exact) mass is 276 g/mol. The molecule has 0 unspecified atom stereocenters. The fraction of sp³-hybridized carbons (Fsp3) is 0.188. The number of hydrogen-bond donors (Lipinski definition) is 1. The van der Waals surface area contributed by atoms with E-state index in [1.54, 1.807) is 12.1 Å². The molecule has 2 rings (SSSR count).